The van der Waals surface area contributed by atoms with Crippen molar-refractivity contribution in [3.05, 3.63) is 29.3 Å². The van der Waals surface area contributed by atoms with Crippen molar-refractivity contribution in [3.63, 3.8) is 0 Å². The van der Waals surface area contributed by atoms with Crippen molar-refractivity contribution >= 4 is 16.0 Å². The van der Waals surface area contributed by atoms with E-state index in [1.807, 2.05) is 13.8 Å². The molecule has 0 bridgehead atoms. The molecular formula is C16H26N2O4S. The van der Waals surface area contributed by atoms with Gasteiger partial charge in [-0.3, -0.25) is 0 Å². The summed E-state index contributed by atoms with van der Waals surface area (Å²) >= 11 is 0. The minimum absolute atomic E-state index is 0.0453. The number of hydrogen-bond donors (Lipinski definition) is 1. The van der Waals surface area contributed by atoms with Gasteiger partial charge in [0.15, 0.2) is 0 Å². The predicted molar refractivity (Wildman–Crippen MR) is 89.8 cm³/mol. The summed E-state index contributed by atoms with van der Waals surface area (Å²) in [6, 6.07) is 4.34. The van der Waals surface area contributed by atoms with Crippen molar-refractivity contribution < 1.29 is 17.9 Å². The maximum atomic E-state index is 12.6. The van der Waals surface area contributed by atoms with E-state index in [4.69, 9.17) is 5.73 Å². The summed E-state index contributed by atoms with van der Waals surface area (Å²) < 4.78 is 31.1. The highest BCUT2D eigenvalue weighted by atomic mass is 32.2. The maximum Gasteiger partial charge on any atom is 0.338 e. The van der Waals surface area contributed by atoms with Gasteiger partial charge in [-0.25, -0.2) is 17.5 Å². The number of esters is 1. The molecule has 0 saturated carbocycles. The van der Waals surface area contributed by atoms with Crippen LogP contribution in [-0.2, 0) is 14.8 Å². The van der Waals surface area contributed by atoms with Gasteiger partial charge in [-0.15, -0.1) is 0 Å². The van der Waals surface area contributed by atoms with Gasteiger partial charge in [0.1, 0.15) is 0 Å². The van der Waals surface area contributed by atoms with Gasteiger partial charge in [0, 0.05) is 19.6 Å². The second kappa shape index (κ2) is 7.90. The Labute approximate surface area is 138 Å². The summed E-state index contributed by atoms with van der Waals surface area (Å²) in [6.07, 6.45) is 0.590. The summed E-state index contributed by atoms with van der Waals surface area (Å²) in [4.78, 5) is 11.7. The molecule has 0 saturated heterocycles. The molecule has 0 heterocycles. The molecule has 23 heavy (non-hydrogen) atoms. The highest BCUT2D eigenvalue weighted by Gasteiger charge is 2.23. The molecule has 0 aliphatic carbocycles. The van der Waals surface area contributed by atoms with Gasteiger partial charge in [-0.1, -0.05) is 13.8 Å². The molecule has 7 heteroatoms. The third-order valence-electron chi connectivity index (χ3n) is 3.94. The third-order valence-corrected chi connectivity index (χ3v) is 5.80. The standard InChI is InChI=1S/C16H26N2O4S/c1-11(2)15(17)8-9-18(4)23(20,21)13-6-7-14(12(3)10-13)16(19)22-5/h6-7,10-11,15H,8-9,17H2,1-5H3. The zero-order valence-corrected chi connectivity index (χ0v) is 15.2. The number of rotatable bonds is 7. The Morgan fingerprint density at radius 3 is 2.43 bits per heavy atom. The van der Waals surface area contributed by atoms with Gasteiger partial charge in [0.2, 0.25) is 10.0 Å². The van der Waals surface area contributed by atoms with E-state index < -0.39 is 16.0 Å². The molecule has 0 spiro atoms. The van der Waals surface area contributed by atoms with Crippen LogP contribution in [0.5, 0.6) is 0 Å². The first-order valence-corrected chi connectivity index (χ1v) is 8.96. The van der Waals surface area contributed by atoms with E-state index in [-0.39, 0.29) is 10.9 Å². The Balaban J connectivity index is 2.95. The summed E-state index contributed by atoms with van der Waals surface area (Å²) in [6.45, 7) is 6.04. The first-order chi connectivity index (χ1) is 10.6. The molecule has 0 aliphatic heterocycles. The predicted octanol–water partition coefficient (Wildman–Crippen LogP) is 1.78. The largest absolute Gasteiger partial charge is 0.465 e. The number of sulfonamides is 1. The summed E-state index contributed by atoms with van der Waals surface area (Å²) in [5.74, 6) is -0.185. The van der Waals surface area contributed by atoms with Gasteiger partial charge >= 0.3 is 5.97 Å². The number of carbonyl (C=O) groups excluding carboxylic acids is 1. The number of ether oxygens (including phenoxy) is 1. The molecular weight excluding hydrogens is 316 g/mol. The number of hydrogen-bond acceptors (Lipinski definition) is 5. The number of nitrogens with zero attached hydrogens (tertiary/aromatic N) is 1. The van der Waals surface area contributed by atoms with E-state index in [1.165, 1.54) is 36.7 Å². The van der Waals surface area contributed by atoms with Crippen LogP contribution in [0.15, 0.2) is 23.1 Å². The first kappa shape index (κ1) is 19.6. The molecule has 6 nitrogen and oxygen atoms in total. The molecule has 1 atom stereocenters. The van der Waals surface area contributed by atoms with E-state index in [0.29, 0.717) is 30.0 Å². The lowest BCUT2D eigenvalue weighted by molar-refractivity contribution is 0.0600. The number of carbonyl (C=O) groups is 1. The lowest BCUT2D eigenvalue weighted by Crippen LogP contribution is -2.34. The molecule has 0 fully saturated rings. The molecule has 1 unspecified atom stereocenters. The van der Waals surface area contributed by atoms with Crippen LogP contribution >= 0.6 is 0 Å². The van der Waals surface area contributed by atoms with Crippen LogP contribution < -0.4 is 5.73 Å². The van der Waals surface area contributed by atoms with Crippen molar-refractivity contribution in [2.75, 3.05) is 20.7 Å². The maximum absolute atomic E-state index is 12.6. The average molecular weight is 342 g/mol. The number of methoxy groups -OCH3 is 1. The Kier molecular flexibility index (Phi) is 6.73. The molecule has 1 rings (SSSR count). The molecule has 130 valence electrons. The van der Waals surface area contributed by atoms with Crippen LogP contribution in [-0.4, -0.2) is 45.4 Å². The monoisotopic (exact) mass is 342 g/mol. The average Bonchev–Trinajstić information content (AvgIpc) is 2.50. The highest BCUT2D eigenvalue weighted by Crippen LogP contribution is 2.20. The summed E-state index contributed by atoms with van der Waals surface area (Å²) in [5, 5.41) is 0. The van der Waals surface area contributed by atoms with Crippen LogP contribution in [0.4, 0.5) is 0 Å². The van der Waals surface area contributed by atoms with Gasteiger partial charge < -0.3 is 10.5 Å². The van der Waals surface area contributed by atoms with Crippen LogP contribution in [0.2, 0.25) is 0 Å². The van der Waals surface area contributed by atoms with Gasteiger partial charge in [0.25, 0.3) is 0 Å². The zero-order chi connectivity index (χ0) is 17.8. The lowest BCUT2D eigenvalue weighted by atomic mass is 10.0. The van der Waals surface area contributed by atoms with Crippen LogP contribution in [0.3, 0.4) is 0 Å². The van der Waals surface area contributed by atoms with Crippen LogP contribution in [0.25, 0.3) is 0 Å². The smallest absolute Gasteiger partial charge is 0.338 e. The summed E-state index contributed by atoms with van der Waals surface area (Å²) in [5.41, 5.74) is 6.88. The molecule has 0 aromatic heterocycles. The van der Waals surface area contributed by atoms with Gasteiger partial charge in [-0.2, -0.15) is 0 Å². The number of nitrogens with two attached hydrogens (primary N) is 1. The fraction of sp³-hybridized carbons (Fsp3) is 0.562. The fourth-order valence-electron chi connectivity index (χ4n) is 2.10. The molecule has 0 aliphatic rings. The van der Waals surface area contributed by atoms with Gasteiger partial charge in [0.05, 0.1) is 17.6 Å². The Morgan fingerprint density at radius 1 is 1.35 bits per heavy atom. The quantitative estimate of drug-likeness (QED) is 0.763. The van der Waals surface area contributed by atoms with Crippen molar-refractivity contribution in [2.45, 2.75) is 38.1 Å². The SMILES string of the molecule is COC(=O)c1ccc(S(=O)(=O)N(C)CCC(N)C(C)C)cc1C. The molecule has 2 N–H and O–H groups in total. The zero-order valence-electron chi connectivity index (χ0n) is 14.4. The number of aryl methyl sites for hydroxylation is 1. The molecule has 0 radical (unpaired) electrons. The Hall–Kier alpha value is -1.44. The highest BCUT2D eigenvalue weighted by molar-refractivity contribution is 7.89. The van der Waals surface area contributed by atoms with E-state index in [9.17, 15) is 13.2 Å². The lowest BCUT2D eigenvalue weighted by Gasteiger charge is -2.21. The van der Waals surface area contributed by atoms with Crippen molar-refractivity contribution in [2.24, 2.45) is 11.7 Å². The minimum Gasteiger partial charge on any atom is -0.465 e. The normalized spacial score (nSPS) is 13.4. The number of benzene rings is 1. The molecule has 0 amide bonds. The van der Waals surface area contributed by atoms with Crippen molar-refractivity contribution in [1.29, 1.82) is 0 Å². The minimum atomic E-state index is -3.61. The summed E-state index contributed by atoms with van der Waals surface area (Å²) in [7, 11) is -0.783. The third kappa shape index (κ3) is 4.76. The van der Waals surface area contributed by atoms with E-state index in [0.717, 1.165) is 0 Å². The van der Waals surface area contributed by atoms with Gasteiger partial charge in [-0.05, 0) is 43.0 Å². The Bertz CT molecular complexity index is 656. The van der Waals surface area contributed by atoms with Crippen molar-refractivity contribution in [3.8, 4) is 0 Å². The topological polar surface area (TPSA) is 89.7 Å². The first-order valence-electron chi connectivity index (χ1n) is 7.52. The van der Waals surface area contributed by atoms with Crippen molar-refractivity contribution in [1.82, 2.24) is 4.31 Å². The second-order valence-electron chi connectivity index (χ2n) is 5.99. The van der Waals surface area contributed by atoms with Crippen LogP contribution in [0.1, 0.15) is 36.2 Å². The Morgan fingerprint density at radius 2 is 1.96 bits per heavy atom. The molecule has 1 aromatic carbocycles. The van der Waals surface area contributed by atoms with E-state index in [2.05, 4.69) is 4.74 Å². The molecule has 1 aromatic rings. The second-order valence-corrected chi connectivity index (χ2v) is 8.04. The fourth-order valence-corrected chi connectivity index (χ4v) is 3.37. The van der Waals surface area contributed by atoms with E-state index >= 15 is 0 Å². The van der Waals surface area contributed by atoms with E-state index in [1.54, 1.807) is 6.92 Å². The van der Waals surface area contributed by atoms with Crippen LogP contribution in [0, 0.1) is 12.8 Å².